The number of aromatic hydroxyl groups is 1. The Kier molecular flexibility index (Phi) is 3.36. The molecule has 1 aliphatic heterocycles. The molecule has 1 N–H and O–H groups in total. The first-order chi connectivity index (χ1) is 10.2. The van der Waals surface area contributed by atoms with Crippen molar-refractivity contribution < 1.29 is 19.4 Å². The fraction of sp³-hybridized carbons (Fsp3) is 0.118. The van der Waals surface area contributed by atoms with Gasteiger partial charge in [0, 0.05) is 11.6 Å². The Morgan fingerprint density at radius 2 is 2.05 bits per heavy atom. The van der Waals surface area contributed by atoms with Gasteiger partial charge in [0.05, 0.1) is 12.2 Å². The number of phenols is 1. The molecule has 1 aliphatic rings. The van der Waals surface area contributed by atoms with Gasteiger partial charge in [0.15, 0.2) is 5.76 Å². The lowest BCUT2D eigenvalue weighted by atomic mass is 10.1. The monoisotopic (exact) mass is 282 g/mol. The summed E-state index contributed by atoms with van der Waals surface area (Å²) in [5.74, 6) is 1.24. The highest BCUT2D eigenvalue weighted by molar-refractivity contribution is 6.14. The van der Waals surface area contributed by atoms with Crippen molar-refractivity contribution in [1.82, 2.24) is 0 Å². The maximum Gasteiger partial charge on any atom is 0.231 e. The van der Waals surface area contributed by atoms with E-state index < -0.39 is 0 Å². The van der Waals surface area contributed by atoms with Crippen molar-refractivity contribution in [3.05, 3.63) is 59.4 Å². The van der Waals surface area contributed by atoms with Gasteiger partial charge < -0.3 is 14.6 Å². The van der Waals surface area contributed by atoms with Crippen molar-refractivity contribution in [2.45, 2.75) is 6.92 Å². The zero-order valence-corrected chi connectivity index (χ0v) is 11.5. The largest absolute Gasteiger partial charge is 0.507 e. The summed E-state index contributed by atoms with van der Waals surface area (Å²) in [5, 5.41) is 9.76. The van der Waals surface area contributed by atoms with E-state index in [9.17, 15) is 9.90 Å². The number of benzene rings is 2. The highest BCUT2D eigenvalue weighted by Crippen LogP contribution is 2.35. The van der Waals surface area contributed by atoms with Crippen molar-refractivity contribution in [3.8, 4) is 17.2 Å². The molecule has 0 unspecified atom stereocenters. The van der Waals surface area contributed by atoms with E-state index in [-0.39, 0.29) is 17.3 Å². The minimum absolute atomic E-state index is 0.104. The quantitative estimate of drug-likeness (QED) is 0.876. The molecule has 2 aromatic rings. The molecule has 4 nitrogen and oxygen atoms in total. The van der Waals surface area contributed by atoms with Gasteiger partial charge in [0.1, 0.15) is 17.2 Å². The third-order valence-electron chi connectivity index (χ3n) is 3.18. The van der Waals surface area contributed by atoms with Crippen LogP contribution in [-0.2, 0) is 0 Å². The van der Waals surface area contributed by atoms with E-state index in [0.29, 0.717) is 29.2 Å². The second kappa shape index (κ2) is 5.32. The number of hydrogen-bond donors (Lipinski definition) is 1. The summed E-state index contributed by atoms with van der Waals surface area (Å²) in [5.41, 5.74) is 1.04. The first kappa shape index (κ1) is 13.2. The minimum Gasteiger partial charge on any atom is -0.507 e. The number of ether oxygens (including phenoxy) is 2. The van der Waals surface area contributed by atoms with E-state index in [1.165, 1.54) is 6.08 Å². The van der Waals surface area contributed by atoms with Crippen LogP contribution in [-0.4, -0.2) is 17.5 Å². The van der Waals surface area contributed by atoms with Gasteiger partial charge in [-0.05, 0) is 31.2 Å². The van der Waals surface area contributed by atoms with Gasteiger partial charge in [0.25, 0.3) is 0 Å². The molecule has 4 heteroatoms. The summed E-state index contributed by atoms with van der Waals surface area (Å²) < 4.78 is 11.0. The zero-order chi connectivity index (χ0) is 14.8. The summed E-state index contributed by atoms with van der Waals surface area (Å²) in [6.07, 6.45) is 1.54. The molecule has 0 amide bonds. The molecule has 0 radical (unpaired) electrons. The number of para-hydroxylation sites is 1. The van der Waals surface area contributed by atoms with Crippen LogP contribution in [0.25, 0.3) is 6.08 Å². The number of carbonyl (C=O) groups excluding carboxylic acids is 1. The average Bonchev–Trinajstić information content (AvgIpc) is 2.78. The van der Waals surface area contributed by atoms with Crippen LogP contribution in [0.2, 0.25) is 0 Å². The molecule has 0 saturated heterocycles. The molecular formula is C17H14O4. The average molecular weight is 282 g/mol. The van der Waals surface area contributed by atoms with Gasteiger partial charge in [-0.15, -0.1) is 0 Å². The van der Waals surface area contributed by atoms with Crippen molar-refractivity contribution in [1.29, 1.82) is 0 Å². The first-order valence-corrected chi connectivity index (χ1v) is 6.68. The summed E-state index contributed by atoms with van der Waals surface area (Å²) in [6.45, 7) is 2.44. The van der Waals surface area contributed by atoms with Crippen molar-refractivity contribution in [2.75, 3.05) is 6.61 Å². The number of carbonyl (C=O) groups is 1. The minimum atomic E-state index is -0.198. The smallest absolute Gasteiger partial charge is 0.231 e. The van der Waals surface area contributed by atoms with Crippen LogP contribution in [0.15, 0.2) is 48.2 Å². The van der Waals surface area contributed by atoms with Crippen LogP contribution in [0.3, 0.4) is 0 Å². The van der Waals surface area contributed by atoms with Crippen LogP contribution in [0.5, 0.6) is 17.2 Å². The second-order valence-electron chi connectivity index (χ2n) is 4.59. The molecule has 2 aromatic carbocycles. The zero-order valence-electron chi connectivity index (χ0n) is 11.5. The standard InChI is InChI=1S/C17H14O4/c1-2-20-12-7-8-13-15(10-12)21-16(17(13)19)9-11-5-3-4-6-14(11)18/h3-10,18H,2H2,1H3. The number of allylic oxidation sites excluding steroid dienone is 1. The van der Waals surface area contributed by atoms with Gasteiger partial charge in [-0.25, -0.2) is 0 Å². The van der Waals surface area contributed by atoms with E-state index in [1.807, 2.05) is 6.92 Å². The van der Waals surface area contributed by atoms with Crippen molar-refractivity contribution in [2.24, 2.45) is 0 Å². The number of Topliss-reactive ketones (excluding diaryl/α,β-unsaturated/α-hetero) is 1. The fourth-order valence-electron chi connectivity index (χ4n) is 2.17. The Morgan fingerprint density at radius 1 is 1.24 bits per heavy atom. The predicted octanol–water partition coefficient (Wildman–Crippen LogP) is 3.41. The fourth-order valence-corrected chi connectivity index (χ4v) is 2.17. The Labute approximate surface area is 122 Å². The molecule has 0 spiro atoms. The second-order valence-corrected chi connectivity index (χ2v) is 4.59. The first-order valence-electron chi connectivity index (χ1n) is 6.68. The molecule has 0 fully saturated rings. The van der Waals surface area contributed by atoms with Gasteiger partial charge >= 0.3 is 0 Å². The molecule has 0 aromatic heterocycles. The third-order valence-corrected chi connectivity index (χ3v) is 3.18. The molecule has 0 aliphatic carbocycles. The van der Waals surface area contributed by atoms with Gasteiger partial charge in [-0.3, -0.25) is 4.79 Å². The molecular weight excluding hydrogens is 268 g/mol. The Morgan fingerprint density at radius 3 is 2.81 bits per heavy atom. The van der Waals surface area contributed by atoms with E-state index in [2.05, 4.69) is 0 Å². The molecule has 106 valence electrons. The van der Waals surface area contributed by atoms with Crippen LogP contribution < -0.4 is 9.47 Å². The number of phenolic OH excluding ortho intramolecular Hbond substituents is 1. The highest BCUT2D eigenvalue weighted by atomic mass is 16.5. The number of hydrogen-bond acceptors (Lipinski definition) is 4. The summed E-state index contributed by atoms with van der Waals surface area (Å²) in [6, 6.07) is 11.9. The van der Waals surface area contributed by atoms with Crippen LogP contribution in [0, 0.1) is 0 Å². The van der Waals surface area contributed by atoms with Crippen molar-refractivity contribution >= 4 is 11.9 Å². The van der Waals surface area contributed by atoms with E-state index >= 15 is 0 Å². The molecule has 21 heavy (non-hydrogen) atoms. The van der Waals surface area contributed by atoms with Crippen molar-refractivity contribution in [3.63, 3.8) is 0 Å². The molecule has 0 bridgehead atoms. The Hall–Kier alpha value is -2.75. The summed E-state index contributed by atoms with van der Waals surface area (Å²) in [4.78, 5) is 12.3. The number of rotatable bonds is 3. The van der Waals surface area contributed by atoms with Crippen LogP contribution in [0.1, 0.15) is 22.8 Å². The van der Waals surface area contributed by atoms with Gasteiger partial charge in [0.2, 0.25) is 5.78 Å². The maximum atomic E-state index is 12.3. The van der Waals surface area contributed by atoms with Gasteiger partial charge in [-0.2, -0.15) is 0 Å². The van der Waals surface area contributed by atoms with Crippen LogP contribution >= 0.6 is 0 Å². The predicted molar refractivity (Wildman–Crippen MR) is 78.7 cm³/mol. The lowest BCUT2D eigenvalue weighted by Crippen LogP contribution is -1.98. The Bertz CT molecular complexity index is 731. The lowest BCUT2D eigenvalue weighted by molar-refractivity contribution is 0.101. The maximum absolute atomic E-state index is 12.3. The number of ketones is 1. The van der Waals surface area contributed by atoms with E-state index in [0.717, 1.165) is 0 Å². The third kappa shape index (κ3) is 2.48. The van der Waals surface area contributed by atoms with E-state index in [1.54, 1.807) is 42.5 Å². The SMILES string of the molecule is CCOc1ccc2c(c1)OC(=Cc1ccccc1O)C2=O. The highest BCUT2D eigenvalue weighted by Gasteiger charge is 2.27. The Balaban J connectivity index is 1.95. The topological polar surface area (TPSA) is 55.8 Å². The number of fused-ring (bicyclic) bond motifs is 1. The summed E-state index contributed by atoms with van der Waals surface area (Å²) >= 11 is 0. The molecule has 1 heterocycles. The van der Waals surface area contributed by atoms with E-state index in [4.69, 9.17) is 9.47 Å². The molecule has 0 atom stereocenters. The molecule has 0 saturated carbocycles. The molecule has 3 rings (SSSR count). The summed E-state index contributed by atoms with van der Waals surface area (Å²) in [7, 11) is 0. The lowest BCUT2D eigenvalue weighted by Gasteiger charge is -2.04. The van der Waals surface area contributed by atoms with Gasteiger partial charge in [-0.1, -0.05) is 18.2 Å². The normalized spacial score (nSPS) is 14.9. The van der Waals surface area contributed by atoms with Crippen LogP contribution in [0.4, 0.5) is 0 Å².